The normalized spacial score (nSPS) is 12.2. The van der Waals surface area contributed by atoms with Crippen LogP contribution in [0.1, 0.15) is 22.5 Å². The van der Waals surface area contributed by atoms with E-state index >= 15 is 0 Å². The average Bonchev–Trinajstić information content (AvgIpc) is 2.83. The lowest BCUT2D eigenvalue weighted by molar-refractivity contribution is 0.178. The molecule has 0 aliphatic rings. The Balaban J connectivity index is 2.05. The molecule has 0 amide bonds. The van der Waals surface area contributed by atoms with E-state index in [9.17, 15) is 0 Å². The van der Waals surface area contributed by atoms with E-state index in [0.717, 1.165) is 18.1 Å². The first-order valence-electron chi connectivity index (χ1n) is 6.97. The van der Waals surface area contributed by atoms with Crippen molar-refractivity contribution in [2.75, 3.05) is 24.8 Å². The second-order valence-electron chi connectivity index (χ2n) is 5.00. The Bertz CT molecular complexity index is 585. The number of anilines is 2. The van der Waals surface area contributed by atoms with E-state index in [0.29, 0.717) is 18.5 Å². The monoisotopic (exact) mass is 306 g/mol. The Morgan fingerprint density at radius 3 is 2.67 bits per heavy atom. The van der Waals surface area contributed by atoms with Crippen molar-refractivity contribution < 1.29 is 4.74 Å². The summed E-state index contributed by atoms with van der Waals surface area (Å²) in [6.45, 7) is 4.70. The van der Waals surface area contributed by atoms with Crippen LogP contribution in [0.2, 0.25) is 0 Å². The van der Waals surface area contributed by atoms with Crippen LogP contribution in [0.15, 0.2) is 18.2 Å². The summed E-state index contributed by atoms with van der Waals surface area (Å²) in [5.74, 6) is 2.28. The molecule has 0 spiro atoms. The van der Waals surface area contributed by atoms with Gasteiger partial charge in [-0.05, 0) is 26.0 Å². The number of thiophene rings is 1. The van der Waals surface area contributed by atoms with Crippen LogP contribution in [0.4, 0.5) is 11.6 Å². The third kappa shape index (κ3) is 4.68. The molecule has 1 unspecified atom stereocenters. The first kappa shape index (κ1) is 15.7. The van der Waals surface area contributed by atoms with Gasteiger partial charge in [-0.2, -0.15) is 0 Å². The van der Waals surface area contributed by atoms with Crippen molar-refractivity contribution >= 4 is 23.0 Å². The standard InChI is InChI=1S/C15H22N4OS/c1-10(7-12-6-5-11(2)21-12)17-14-8-13(16-3)18-15(19-14)9-20-4/h5-6,8,10H,7,9H2,1-4H3,(H2,16,17,18,19). The number of hydrogen-bond donors (Lipinski definition) is 2. The molecule has 0 fully saturated rings. The van der Waals surface area contributed by atoms with Gasteiger partial charge in [-0.25, -0.2) is 9.97 Å². The predicted molar refractivity (Wildman–Crippen MR) is 88.1 cm³/mol. The van der Waals surface area contributed by atoms with Crippen molar-refractivity contribution in [3.05, 3.63) is 33.8 Å². The molecule has 1 atom stereocenters. The first-order valence-corrected chi connectivity index (χ1v) is 7.79. The molecule has 0 aliphatic heterocycles. The van der Waals surface area contributed by atoms with Gasteiger partial charge in [0.15, 0.2) is 5.82 Å². The van der Waals surface area contributed by atoms with Gasteiger partial charge >= 0.3 is 0 Å². The van der Waals surface area contributed by atoms with Gasteiger partial charge in [-0.15, -0.1) is 11.3 Å². The fourth-order valence-corrected chi connectivity index (χ4v) is 3.11. The van der Waals surface area contributed by atoms with E-state index in [-0.39, 0.29) is 0 Å². The first-order chi connectivity index (χ1) is 10.1. The second kappa shape index (κ2) is 7.38. The zero-order valence-corrected chi connectivity index (χ0v) is 13.8. The largest absolute Gasteiger partial charge is 0.377 e. The highest BCUT2D eigenvalue weighted by Gasteiger charge is 2.09. The van der Waals surface area contributed by atoms with Crippen molar-refractivity contribution in [2.45, 2.75) is 32.9 Å². The Morgan fingerprint density at radius 1 is 1.29 bits per heavy atom. The minimum absolute atomic E-state index is 0.304. The summed E-state index contributed by atoms with van der Waals surface area (Å²) in [7, 11) is 3.49. The number of hydrogen-bond acceptors (Lipinski definition) is 6. The number of rotatable bonds is 7. The number of nitrogens with one attached hydrogen (secondary N) is 2. The summed E-state index contributed by atoms with van der Waals surface area (Å²) in [5.41, 5.74) is 0. The molecular weight excluding hydrogens is 284 g/mol. The molecule has 0 radical (unpaired) electrons. The van der Waals surface area contributed by atoms with Gasteiger partial charge in [0.2, 0.25) is 0 Å². The zero-order valence-electron chi connectivity index (χ0n) is 12.9. The third-order valence-corrected chi connectivity index (χ3v) is 4.02. The van der Waals surface area contributed by atoms with Gasteiger partial charge in [-0.1, -0.05) is 0 Å². The van der Waals surface area contributed by atoms with E-state index in [1.54, 1.807) is 7.11 Å². The number of aromatic nitrogens is 2. The Kier molecular flexibility index (Phi) is 5.52. The third-order valence-electron chi connectivity index (χ3n) is 3.00. The Labute approximate surface area is 129 Å². The molecule has 2 N–H and O–H groups in total. The van der Waals surface area contributed by atoms with Gasteiger partial charge in [-0.3, -0.25) is 0 Å². The molecule has 114 valence electrons. The lowest BCUT2D eigenvalue weighted by Crippen LogP contribution is -2.19. The maximum absolute atomic E-state index is 5.11. The molecule has 21 heavy (non-hydrogen) atoms. The van der Waals surface area contributed by atoms with Crippen LogP contribution in [0.25, 0.3) is 0 Å². The summed E-state index contributed by atoms with van der Waals surface area (Å²) in [6, 6.07) is 6.56. The molecule has 0 saturated carbocycles. The predicted octanol–water partition coefficient (Wildman–Crippen LogP) is 3.08. The highest BCUT2D eigenvalue weighted by atomic mass is 32.1. The van der Waals surface area contributed by atoms with Gasteiger partial charge < -0.3 is 15.4 Å². The zero-order chi connectivity index (χ0) is 15.2. The van der Waals surface area contributed by atoms with Crippen molar-refractivity contribution in [1.29, 1.82) is 0 Å². The summed E-state index contributed by atoms with van der Waals surface area (Å²) in [5, 5.41) is 6.48. The topological polar surface area (TPSA) is 59.1 Å². The summed E-state index contributed by atoms with van der Waals surface area (Å²) in [4.78, 5) is 11.6. The Morgan fingerprint density at radius 2 is 2.05 bits per heavy atom. The van der Waals surface area contributed by atoms with Crippen LogP contribution in [0, 0.1) is 6.92 Å². The number of nitrogens with zero attached hydrogens (tertiary/aromatic N) is 2. The molecule has 0 saturated heterocycles. The molecular formula is C15H22N4OS. The number of methoxy groups -OCH3 is 1. The molecule has 0 aromatic carbocycles. The second-order valence-corrected chi connectivity index (χ2v) is 6.37. The highest BCUT2D eigenvalue weighted by Crippen LogP contribution is 2.19. The summed E-state index contributed by atoms with van der Waals surface area (Å²) in [6.07, 6.45) is 0.983. The van der Waals surface area contributed by atoms with Crippen LogP contribution >= 0.6 is 11.3 Å². The lowest BCUT2D eigenvalue weighted by Gasteiger charge is -2.15. The maximum Gasteiger partial charge on any atom is 0.158 e. The molecule has 2 aromatic rings. The molecule has 0 bridgehead atoms. The van der Waals surface area contributed by atoms with Gasteiger partial charge in [0.1, 0.15) is 18.2 Å². The molecule has 2 aromatic heterocycles. The van der Waals surface area contributed by atoms with E-state index in [1.165, 1.54) is 9.75 Å². The molecule has 6 heteroatoms. The SMILES string of the molecule is CNc1cc(NC(C)Cc2ccc(C)s2)nc(COC)n1. The van der Waals surface area contributed by atoms with E-state index in [1.807, 2.05) is 24.5 Å². The van der Waals surface area contributed by atoms with Crippen molar-refractivity contribution in [1.82, 2.24) is 9.97 Å². The fraction of sp³-hybridized carbons (Fsp3) is 0.467. The number of aryl methyl sites for hydroxylation is 1. The maximum atomic E-state index is 5.11. The molecule has 2 heterocycles. The van der Waals surface area contributed by atoms with E-state index in [4.69, 9.17) is 4.74 Å². The van der Waals surface area contributed by atoms with Crippen LogP contribution in [0.3, 0.4) is 0 Å². The van der Waals surface area contributed by atoms with Crippen LogP contribution in [0.5, 0.6) is 0 Å². The van der Waals surface area contributed by atoms with Gasteiger partial charge in [0, 0.05) is 42.4 Å². The molecule has 5 nitrogen and oxygen atoms in total. The number of ether oxygens (including phenoxy) is 1. The van der Waals surface area contributed by atoms with Crippen molar-refractivity contribution in [3.8, 4) is 0 Å². The minimum Gasteiger partial charge on any atom is -0.377 e. The smallest absolute Gasteiger partial charge is 0.158 e. The summed E-state index contributed by atoms with van der Waals surface area (Å²) >= 11 is 1.84. The van der Waals surface area contributed by atoms with E-state index in [2.05, 4.69) is 46.6 Å². The Hall–Kier alpha value is -1.66. The van der Waals surface area contributed by atoms with Crippen LogP contribution in [-0.2, 0) is 17.8 Å². The lowest BCUT2D eigenvalue weighted by atomic mass is 10.2. The average molecular weight is 306 g/mol. The summed E-state index contributed by atoms with van der Waals surface area (Å²) < 4.78 is 5.11. The van der Waals surface area contributed by atoms with Gasteiger partial charge in [0.25, 0.3) is 0 Å². The van der Waals surface area contributed by atoms with Gasteiger partial charge in [0.05, 0.1) is 0 Å². The van der Waals surface area contributed by atoms with Crippen LogP contribution in [-0.4, -0.2) is 30.2 Å². The molecule has 0 aliphatic carbocycles. The van der Waals surface area contributed by atoms with Crippen molar-refractivity contribution in [2.24, 2.45) is 0 Å². The van der Waals surface area contributed by atoms with Crippen LogP contribution < -0.4 is 10.6 Å². The minimum atomic E-state index is 0.304. The van der Waals surface area contributed by atoms with Crippen molar-refractivity contribution in [3.63, 3.8) is 0 Å². The highest BCUT2D eigenvalue weighted by molar-refractivity contribution is 7.11. The quantitative estimate of drug-likeness (QED) is 0.823. The fourth-order valence-electron chi connectivity index (χ4n) is 2.09. The van der Waals surface area contributed by atoms with E-state index < -0.39 is 0 Å². The molecule has 2 rings (SSSR count).